The van der Waals surface area contributed by atoms with E-state index in [-0.39, 0.29) is 0 Å². The lowest BCUT2D eigenvalue weighted by Gasteiger charge is -2.44. The van der Waals surface area contributed by atoms with Gasteiger partial charge in [0.05, 0.1) is 23.5 Å². The van der Waals surface area contributed by atoms with Crippen molar-refractivity contribution in [1.29, 1.82) is 0 Å². The monoisotopic (exact) mass is 356 g/mol. The highest BCUT2D eigenvalue weighted by Gasteiger charge is 2.33. The average molecular weight is 357 g/mol. The highest BCUT2D eigenvalue weighted by molar-refractivity contribution is 6.30. The maximum atomic E-state index is 5.85. The van der Waals surface area contributed by atoms with Gasteiger partial charge in [0, 0.05) is 26.1 Å². The van der Waals surface area contributed by atoms with Gasteiger partial charge in [0.2, 0.25) is 5.95 Å². The van der Waals surface area contributed by atoms with Crippen LogP contribution in [0.15, 0.2) is 24.5 Å². The first-order valence-electron chi connectivity index (χ1n) is 8.37. The Kier molecular flexibility index (Phi) is 3.27. The Labute approximate surface area is 149 Å². The number of hydrogen-bond acceptors (Lipinski definition) is 7. The van der Waals surface area contributed by atoms with Crippen LogP contribution in [-0.4, -0.2) is 56.0 Å². The molecule has 1 aliphatic heterocycles. The van der Waals surface area contributed by atoms with Crippen molar-refractivity contribution in [1.82, 2.24) is 29.8 Å². The van der Waals surface area contributed by atoms with E-state index in [2.05, 4.69) is 30.0 Å². The third-order valence-corrected chi connectivity index (χ3v) is 5.07. The zero-order chi connectivity index (χ0) is 17.0. The van der Waals surface area contributed by atoms with Crippen LogP contribution in [-0.2, 0) is 0 Å². The second-order valence-corrected chi connectivity index (χ2v) is 7.10. The van der Waals surface area contributed by atoms with Gasteiger partial charge < -0.3 is 9.80 Å². The first-order valence-corrected chi connectivity index (χ1v) is 8.74. The molecule has 1 aliphatic carbocycles. The predicted molar refractivity (Wildman–Crippen MR) is 94.2 cm³/mol. The predicted octanol–water partition coefficient (Wildman–Crippen LogP) is 1.77. The second-order valence-electron chi connectivity index (χ2n) is 6.67. The van der Waals surface area contributed by atoms with Crippen molar-refractivity contribution < 1.29 is 0 Å². The summed E-state index contributed by atoms with van der Waals surface area (Å²) in [5.41, 5.74) is 0.814. The molecule has 0 radical (unpaired) electrons. The van der Waals surface area contributed by atoms with E-state index in [0.29, 0.717) is 22.9 Å². The molecule has 0 spiro atoms. The van der Waals surface area contributed by atoms with Crippen LogP contribution >= 0.6 is 11.6 Å². The molecule has 8 nitrogen and oxygen atoms in total. The Balaban J connectivity index is 1.32. The molecule has 1 saturated heterocycles. The maximum Gasteiger partial charge on any atom is 0.225 e. The molecule has 0 amide bonds. The SMILES string of the molecule is CN(c1ncc(Cl)cn1)C1CN(c2ccc3nnc(C4CC4)n3n2)C1. The Morgan fingerprint density at radius 2 is 1.88 bits per heavy atom. The van der Waals surface area contributed by atoms with E-state index in [1.54, 1.807) is 12.4 Å². The molecular weight excluding hydrogens is 340 g/mol. The van der Waals surface area contributed by atoms with Crippen molar-refractivity contribution in [3.63, 3.8) is 0 Å². The molecular formula is C16H17ClN8. The second kappa shape index (κ2) is 5.52. The van der Waals surface area contributed by atoms with Gasteiger partial charge in [0.25, 0.3) is 0 Å². The van der Waals surface area contributed by atoms with Crippen molar-refractivity contribution in [2.75, 3.05) is 29.9 Å². The smallest absolute Gasteiger partial charge is 0.225 e. The lowest BCUT2D eigenvalue weighted by Crippen LogP contribution is -2.59. The Bertz CT molecular complexity index is 914. The fourth-order valence-electron chi connectivity index (χ4n) is 3.10. The molecule has 0 atom stereocenters. The first kappa shape index (κ1) is 14.8. The van der Waals surface area contributed by atoms with Gasteiger partial charge in [-0.15, -0.1) is 15.3 Å². The number of likely N-dealkylation sites (N-methyl/N-ethyl adjacent to an activating group) is 1. The molecule has 3 aromatic rings. The third-order valence-electron chi connectivity index (χ3n) is 4.87. The molecule has 0 unspecified atom stereocenters. The summed E-state index contributed by atoms with van der Waals surface area (Å²) < 4.78 is 1.90. The molecule has 3 aromatic heterocycles. The number of anilines is 2. The summed E-state index contributed by atoms with van der Waals surface area (Å²) >= 11 is 5.85. The molecule has 0 aromatic carbocycles. The first-order chi connectivity index (χ1) is 12.2. The Hall–Kier alpha value is -2.48. The van der Waals surface area contributed by atoms with E-state index in [1.807, 2.05) is 23.7 Å². The van der Waals surface area contributed by atoms with Gasteiger partial charge in [-0.25, -0.2) is 9.97 Å². The van der Waals surface area contributed by atoms with Crippen molar-refractivity contribution in [3.8, 4) is 0 Å². The molecule has 9 heteroatoms. The molecule has 5 rings (SSSR count). The van der Waals surface area contributed by atoms with Gasteiger partial charge in [0.1, 0.15) is 5.82 Å². The summed E-state index contributed by atoms with van der Waals surface area (Å²) in [6, 6.07) is 4.35. The number of aromatic nitrogens is 6. The molecule has 4 heterocycles. The van der Waals surface area contributed by atoms with Gasteiger partial charge in [-0.3, -0.25) is 0 Å². The van der Waals surface area contributed by atoms with E-state index < -0.39 is 0 Å². The molecule has 0 N–H and O–H groups in total. The van der Waals surface area contributed by atoms with Crippen molar-refractivity contribution >= 4 is 29.0 Å². The van der Waals surface area contributed by atoms with Crippen LogP contribution in [0.4, 0.5) is 11.8 Å². The van der Waals surface area contributed by atoms with E-state index in [9.17, 15) is 0 Å². The van der Waals surface area contributed by atoms with E-state index in [1.165, 1.54) is 12.8 Å². The van der Waals surface area contributed by atoms with Crippen LogP contribution in [0.2, 0.25) is 5.02 Å². The highest BCUT2D eigenvalue weighted by Crippen LogP contribution is 2.38. The van der Waals surface area contributed by atoms with Gasteiger partial charge in [-0.1, -0.05) is 11.6 Å². The Morgan fingerprint density at radius 1 is 1.12 bits per heavy atom. The number of nitrogens with zero attached hydrogens (tertiary/aromatic N) is 8. The lowest BCUT2D eigenvalue weighted by atomic mass is 10.1. The minimum atomic E-state index is 0.350. The minimum absolute atomic E-state index is 0.350. The zero-order valence-corrected chi connectivity index (χ0v) is 14.5. The fraction of sp³-hybridized carbons (Fsp3) is 0.438. The van der Waals surface area contributed by atoms with E-state index >= 15 is 0 Å². The number of halogens is 1. The Morgan fingerprint density at radius 3 is 2.60 bits per heavy atom. The summed E-state index contributed by atoms with van der Waals surface area (Å²) in [6.45, 7) is 1.75. The normalized spacial score (nSPS) is 17.8. The van der Waals surface area contributed by atoms with Gasteiger partial charge in [-0.2, -0.15) is 4.52 Å². The average Bonchev–Trinajstić information content (AvgIpc) is 3.33. The fourth-order valence-corrected chi connectivity index (χ4v) is 3.20. The standard InChI is InChI=1S/C16H17ClN8/c1-23(16-18-6-11(17)7-19-16)12-8-24(9-12)14-5-4-13-20-21-15(10-2-3-10)25(13)22-14/h4-7,10,12H,2-3,8-9H2,1H3. The number of hydrogen-bond donors (Lipinski definition) is 0. The zero-order valence-electron chi connectivity index (χ0n) is 13.7. The van der Waals surface area contributed by atoms with Crippen LogP contribution in [0.3, 0.4) is 0 Å². The largest absolute Gasteiger partial charge is 0.351 e. The van der Waals surface area contributed by atoms with Crippen molar-refractivity contribution in [3.05, 3.63) is 35.4 Å². The molecule has 25 heavy (non-hydrogen) atoms. The molecule has 128 valence electrons. The summed E-state index contributed by atoms with van der Waals surface area (Å²) in [7, 11) is 2.01. The molecule has 2 fully saturated rings. The summed E-state index contributed by atoms with van der Waals surface area (Å²) in [6.07, 6.45) is 5.62. The van der Waals surface area contributed by atoms with E-state index in [0.717, 1.165) is 30.4 Å². The lowest BCUT2D eigenvalue weighted by molar-refractivity contribution is 0.483. The van der Waals surface area contributed by atoms with Crippen LogP contribution < -0.4 is 9.80 Å². The quantitative estimate of drug-likeness (QED) is 0.705. The molecule has 1 saturated carbocycles. The van der Waals surface area contributed by atoms with Crippen LogP contribution in [0.5, 0.6) is 0 Å². The van der Waals surface area contributed by atoms with E-state index in [4.69, 9.17) is 16.7 Å². The summed E-state index contributed by atoms with van der Waals surface area (Å²) in [4.78, 5) is 12.9. The number of rotatable bonds is 4. The van der Waals surface area contributed by atoms with Gasteiger partial charge in [0.15, 0.2) is 11.5 Å². The minimum Gasteiger partial charge on any atom is -0.351 e. The van der Waals surface area contributed by atoms with Gasteiger partial charge >= 0.3 is 0 Å². The highest BCUT2D eigenvalue weighted by atomic mass is 35.5. The third kappa shape index (κ3) is 2.57. The maximum absolute atomic E-state index is 5.85. The van der Waals surface area contributed by atoms with Gasteiger partial charge in [-0.05, 0) is 25.0 Å². The van der Waals surface area contributed by atoms with Crippen LogP contribution in [0.25, 0.3) is 5.65 Å². The van der Waals surface area contributed by atoms with Crippen LogP contribution in [0, 0.1) is 0 Å². The summed E-state index contributed by atoms with van der Waals surface area (Å²) in [5.74, 6) is 3.15. The van der Waals surface area contributed by atoms with Crippen molar-refractivity contribution in [2.45, 2.75) is 24.8 Å². The molecule has 0 bridgehead atoms. The summed E-state index contributed by atoms with van der Waals surface area (Å²) in [5, 5.41) is 13.8. The van der Waals surface area contributed by atoms with Crippen molar-refractivity contribution in [2.24, 2.45) is 0 Å². The number of fused-ring (bicyclic) bond motifs is 1. The topological polar surface area (TPSA) is 75.3 Å². The van der Waals surface area contributed by atoms with Crippen LogP contribution in [0.1, 0.15) is 24.6 Å². The molecule has 2 aliphatic rings.